The highest BCUT2D eigenvalue weighted by atomic mass is 35.5. The van der Waals surface area contributed by atoms with Crippen molar-refractivity contribution in [1.29, 1.82) is 0 Å². The SMILES string of the molecule is COC1(OCc2c(Cl)ccc(N(C)C(=O)CN)c2Cl)CC(C)=Nc2ccccc21. The Bertz CT molecular complexity index is 964. The molecule has 0 aromatic heterocycles. The standard InChI is InChI=1S/C21H23Cl2N3O3/c1-13-10-21(28-3,15-6-4-5-7-17(15)25-13)29-12-14-16(22)8-9-18(20(14)23)26(2)19(27)11-24/h4-9H,10-12,24H2,1-3H3. The van der Waals surface area contributed by atoms with E-state index in [4.69, 9.17) is 38.4 Å². The van der Waals surface area contributed by atoms with Crippen LogP contribution in [-0.4, -0.2) is 32.3 Å². The van der Waals surface area contributed by atoms with Crippen LogP contribution in [0.4, 0.5) is 11.4 Å². The maximum absolute atomic E-state index is 12.0. The number of fused-ring (bicyclic) bond motifs is 1. The van der Waals surface area contributed by atoms with Gasteiger partial charge in [0.2, 0.25) is 11.7 Å². The summed E-state index contributed by atoms with van der Waals surface area (Å²) < 4.78 is 12.1. The van der Waals surface area contributed by atoms with E-state index in [0.29, 0.717) is 27.7 Å². The van der Waals surface area contributed by atoms with Gasteiger partial charge < -0.3 is 20.1 Å². The Hall–Kier alpha value is -1.96. The molecular formula is C21H23Cl2N3O3. The van der Waals surface area contributed by atoms with Crippen molar-refractivity contribution in [2.45, 2.75) is 25.7 Å². The Labute approximate surface area is 180 Å². The summed E-state index contributed by atoms with van der Waals surface area (Å²) in [5.74, 6) is -1.27. The van der Waals surface area contributed by atoms with Gasteiger partial charge in [-0.05, 0) is 25.1 Å². The molecule has 1 atom stereocenters. The number of para-hydroxylation sites is 1. The van der Waals surface area contributed by atoms with Gasteiger partial charge in [-0.1, -0.05) is 41.4 Å². The van der Waals surface area contributed by atoms with Crippen molar-refractivity contribution >= 4 is 46.2 Å². The molecule has 0 aliphatic carbocycles. The van der Waals surface area contributed by atoms with Crippen LogP contribution in [0.1, 0.15) is 24.5 Å². The maximum Gasteiger partial charge on any atom is 0.240 e. The number of hydrogen-bond donors (Lipinski definition) is 1. The van der Waals surface area contributed by atoms with E-state index >= 15 is 0 Å². The third-order valence-corrected chi connectivity index (χ3v) is 5.75. The van der Waals surface area contributed by atoms with Gasteiger partial charge in [0.25, 0.3) is 0 Å². The van der Waals surface area contributed by atoms with Crippen LogP contribution >= 0.6 is 23.2 Å². The zero-order chi connectivity index (χ0) is 21.2. The summed E-state index contributed by atoms with van der Waals surface area (Å²) in [6.07, 6.45) is 0.473. The molecule has 1 unspecified atom stereocenters. The molecule has 1 aliphatic rings. The fourth-order valence-corrected chi connectivity index (χ4v) is 3.98. The third-order valence-electron chi connectivity index (χ3n) is 4.97. The zero-order valence-electron chi connectivity index (χ0n) is 16.5. The number of rotatable bonds is 6. The van der Waals surface area contributed by atoms with Gasteiger partial charge in [0.1, 0.15) is 0 Å². The maximum atomic E-state index is 12.0. The second-order valence-corrected chi connectivity index (χ2v) is 7.59. The van der Waals surface area contributed by atoms with Crippen LogP contribution in [0.25, 0.3) is 0 Å². The van der Waals surface area contributed by atoms with E-state index < -0.39 is 5.79 Å². The van der Waals surface area contributed by atoms with Gasteiger partial charge in [0, 0.05) is 42.4 Å². The van der Waals surface area contributed by atoms with E-state index in [1.54, 1.807) is 26.3 Å². The Morgan fingerprint density at radius 1 is 1.28 bits per heavy atom. The Morgan fingerprint density at radius 3 is 2.69 bits per heavy atom. The van der Waals surface area contributed by atoms with Crippen LogP contribution in [0.5, 0.6) is 0 Å². The van der Waals surface area contributed by atoms with Gasteiger partial charge in [-0.25, -0.2) is 0 Å². The number of carbonyl (C=O) groups excluding carboxylic acids is 1. The summed E-state index contributed by atoms with van der Waals surface area (Å²) in [6.45, 7) is 1.90. The second kappa shape index (κ2) is 8.81. The minimum atomic E-state index is -1.01. The molecule has 0 bridgehead atoms. The number of ether oxygens (including phenoxy) is 2. The van der Waals surface area contributed by atoms with Crippen LogP contribution in [0.2, 0.25) is 10.0 Å². The number of nitrogens with two attached hydrogens (primary N) is 1. The number of halogens is 2. The molecule has 2 aromatic rings. The summed E-state index contributed by atoms with van der Waals surface area (Å²) in [6, 6.07) is 11.1. The van der Waals surface area contributed by atoms with E-state index in [0.717, 1.165) is 17.0 Å². The summed E-state index contributed by atoms with van der Waals surface area (Å²) in [4.78, 5) is 18.0. The lowest BCUT2D eigenvalue weighted by molar-refractivity contribution is -0.234. The fourth-order valence-electron chi connectivity index (χ4n) is 3.38. The van der Waals surface area contributed by atoms with Gasteiger partial charge in [-0.3, -0.25) is 9.79 Å². The second-order valence-electron chi connectivity index (χ2n) is 6.80. The molecule has 0 saturated heterocycles. The molecule has 1 amide bonds. The smallest absolute Gasteiger partial charge is 0.240 e. The van der Waals surface area contributed by atoms with E-state index in [1.807, 2.05) is 31.2 Å². The quantitative estimate of drug-likeness (QED) is 0.680. The van der Waals surface area contributed by atoms with Gasteiger partial charge >= 0.3 is 0 Å². The number of methoxy groups -OCH3 is 1. The highest BCUT2D eigenvalue weighted by Gasteiger charge is 2.39. The van der Waals surface area contributed by atoms with Gasteiger partial charge in [-0.15, -0.1) is 0 Å². The number of amides is 1. The number of anilines is 1. The summed E-state index contributed by atoms with van der Waals surface area (Å²) in [5, 5.41) is 0.774. The molecule has 0 fully saturated rings. The normalized spacial score (nSPS) is 18.2. The summed E-state index contributed by atoms with van der Waals surface area (Å²) >= 11 is 13.0. The van der Waals surface area contributed by atoms with Crippen LogP contribution in [-0.2, 0) is 26.7 Å². The number of nitrogens with zero attached hydrogens (tertiary/aromatic N) is 2. The Balaban J connectivity index is 1.95. The molecule has 3 rings (SSSR count). The highest BCUT2D eigenvalue weighted by molar-refractivity contribution is 6.38. The van der Waals surface area contributed by atoms with Crippen molar-refractivity contribution in [3.63, 3.8) is 0 Å². The van der Waals surface area contributed by atoms with E-state index in [2.05, 4.69) is 4.99 Å². The van der Waals surface area contributed by atoms with Crippen molar-refractivity contribution in [3.8, 4) is 0 Å². The van der Waals surface area contributed by atoms with Crippen molar-refractivity contribution in [1.82, 2.24) is 0 Å². The minimum absolute atomic E-state index is 0.0889. The van der Waals surface area contributed by atoms with Crippen LogP contribution in [0.15, 0.2) is 41.4 Å². The number of aliphatic imine (C=N–C) groups is 1. The first-order valence-electron chi connectivity index (χ1n) is 9.09. The topological polar surface area (TPSA) is 77.2 Å². The first-order chi connectivity index (χ1) is 13.8. The van der Waals surface area contributed by atoms with Crippen LogP contribution < -0.4 is 10.6 Å². The van der Waals surface area contributed by atoms with Crippen LogP contribution in [0.3, 0.4) is 0 Å². The van der Waals surface area contributed by atoms with E-state index in [9.17, 15) is 4.79 Å². The molecule has 1 heterocycles. The first kappa shape index (κ1) is 21.7. The number of likely N-dealkylation sites (N-methyl/N-ethyl adjacent to an activating group) is 1. The summed E-state index contributed by atoms with van der Waals surface area (Å²) in [5.41, 5.74) is 9.08. The Morgan fingerprint density at radius 2 is 2.00 bits per heavy atom. The molecule has 1 aliphatic heterocycles. The average molecular weight is 436 g/mol. The monoisotopic (exact) mass is 435 g/mol. The largest absolute Gasteiger partial charge is 0.349 e. The molecule has 2 N–H and O–H groups in total. The van der Waals surface area contributed by atoms with Crippen LogP contribution in [0, 0.1) is 0 Å². The first-order valence-corrected chi connectivity index (χ1v) is 9.85. The van der Waals surface area contributed by atoms with Gasteiger partial charge in [0.15, 0.2) is 0 Å². The molecule has 0 spiro atoms. The van der Waals surface area contributed by atoms with Gasteiger partial charge in [-0.2, -0.15) is 0 Å². The van der Waals surface area contributed by atoms with E-state index in [1.165, 1.54) is 4.90 Å². The molecular weight excluding hydrogens is 413 g/mol. The molecule has 8 heteroatoms. The van der Waals surface area contributed by atoms with Gasteiger partial charge in [0.05, 0.1) is 29.5 Å². The Kier molecular flexibility index (Phi) is 6.61. The number of hydrogen-bond acceptors (Lipinski definition) is 5. The molecule has 154 valence electrons. The molecule has 0 radical (unpaired) electrons. The molecule has 0 saturated carbocycles. The predicted octanol–water partition coefficient (Wildman–Crippen LogP) is 4.43. The fraction of sp³-hybridized carbons (Fsp3) is 0.333. The third kappa shape index (κ3) is 4.17. The van der Waals surface area contributed by atoms with E-state index in [-0.39, 0.29) is 19.1 Å². The lowest BCUT2D eigenvalue weighted by Crippen LogP contribution is -2.36. The minimum Gasteiger partial charge on any atom is -0.349 e. The zero-order valence-corrected chi connectivity index (χ0v) is 18.0. The van der Waals surface area contributed by atoms with Crippen molar-refractivity contribution in [2.75, 3.05) is 25.6 Å². The van der Waals surface area contributed by atoms with Crippen molar-refractivity contribution in [2.24, 2.45) is 10.7 Å². The number of carbonyl (C=O) groups is 1. The lowest BCUT2D eigenvalue weighted by atomic mass is 9.95. The van der Waals surface area contributed by atoms with Crippen molar-refractivity contribution in [3.05, 3.63) is 57.6 Å². The summed E-state index contributed by atoms with van der Waals surface area (Å²) in [7, 11) is 3.21. The lowest BCUT2D eigenvalue weighted by Gasteiger charge is -2.36. The van der Waals surface area contributed by atoms with Crippen molar-refractivity contribution < 1.29 is 14.3 Å². The highest BCUT2D eigenvalue weighted by Crippen LogP contribution is 2.43. The molecule has 6 nitrogen and oxygen atoms in total. The molecule has 2 aromatic carbocycles. The molecule has 29 heavy (non-hydrogen) atoms. The number of benzene rings is 2. The predicted molar refractivity (Wildman–Crippen MR) is 116 cm³/mol. The average Bonchev–Trinajstić information content (AvgIpc) is 2.72.